The molecular formula is C9H19NS. The van der Waals surface area contributed by atoms with Crippen LogP contribution in [0.15, 0.2) is 0 Å². The summed E-state index contributed by atoms with van der Waals surface area (Å²) < 4.78 is 0. The molecular weight excluding hydrogens is 154 g/mol. The van der Waals surface area contributed by atoms with Crippen molar-refractivity contribution in [1.82, 2.24) is 5.32 Å². The number of thiol groups is 1. The zero-order valence-corrected chi connectivity index (χ0v) is 8.73. The van der Waals surface area contributed by atoms with Crippen LogP contribution < -0.4 is 5.32 Å². The van der Waals surface area contributed by atoms with Gasteiger partial charge in [-0.1, -0.05) is 20.8 Å². The molecule has 0 aromatic rings. The van der Waals surface area contributed by atoms with Gasteiger partial charge in [-0.25, -0.2) is 0 Å². The molecule has 0 radical (unpaired) electrons. The molecule has 1 fully saturated rings. The van der Waals surface area contributed by atoms with Gasteiger partial charge in [0.25, 0.3) is 0 Å². The highest BCUT2D eigenvalue weighted by molar-refractivity contribution is 7.80. The SMILES string of the molecule is CC1NC(S)C(C)C(C)C1C. The number of piperidine rings is 1. The fraction of sp³-hybridized carbons (Fsp3) is 1.00. The van der Waals surface area contributed by atoms with Gasteiger partial charge in [0.2, 0.25) is 0 Å². The lowest BCUT2D eigenvalue weighted by Gasteiger charge is -2.41. The van der Waals surface area contributed by atoms with Crippen molar-refractivity contribution in [2.24, 2.45) is 17.8 Å². The fourth-order valence-electron chi connectivity index (χ4n) is 1.79. The van der Waals surface area contributed by atoms with E-state index in [9.17, 15) is 0 Å². The second-order valence-electron chi connectivity index (χ2n) is 3.98. The summed E-state index contributed by atoms with van der Waals surface area (Å²) in [7, 11) is 0. The van der Waals surface area contributed by atoms with Gasteiger partial charge in [-0.15, -0.1) is 0 Å². The van der Waals surface area contributed by atoms with Crippen LogP contribution >= 0.6 is 12.6 Å². The summed E-state index contributed by atoms with van der Waals surface area (Å²) >= 11 is 4.50. The molecule has 66 valence electrons. The quantitative estimate of drug-likeness (QED) is 0.535. The first-order valence-corrected chi connectivity index (χ1v) is 4.99. The van der Waals surface area contributed by atoms with Gasteiger partial charge < -0.3 is 5.32 Å². The van der Waals surface area contributed by atoms with E-state index in [-0.39, 0.29) is 0 Å². The van der Waals surface area contributed by atoms with Crippen LogP contribution in [0.1, 0.15) is 27.7 Å². The highest BCUT2D eigenvalue weighted by atomic mass is 32.1. The topological polar surface area (TPSA) is 12.0 Å². The molecule has 1 N–H and O–H groups in total. The third-order valence-corrected chi connectivity index (χ3v) is 4.00. The van der Waals surface area contributed by atoms with Crippen molar-refractivity contribution in [3.8, 4) is 0 Å². The zero-order valence-electron chi connectivity index (χ0n) is 7.83. The van der Waals surface area contributed by atoms with Crippen molar-refractivity contribution in [1.29, 1.82) is 0 Å². The van der Waals surface area contributed by atoms with Crippen LogP contribution in [0.5, 0.6) is 0 Å². The average Bonchev–Trinajstić information content (AvgIpc) is 1.97. The van der Waals surface area contributed by atoms with Crippen molar-refractivity contribution in [2.75, 3.05) is 0 Å². The Hall–Kier alpha value is 0.310. The standard InChI is InChI=1S/C9H19NS/c1-5-6(2)8(4)10-9(11)7(5)3/h5-11H,1-4H3. The van der Waals surface area contributed by atoms with Crippen LogP contribution in [-0.2, 0) is 0 Å². The largest absolute Gasteiger partial charge is 0.303 e. The molecule has 2 heteroatoms. The Balaban J connectivity index is 2.63. The lowest BCUT2D eigenvalue weighted by molar-refractivity contribution is 0.156. The molecule has 1 nitrogen and oxygen atoms in total. The lowest BCUT2D eigenvalue weighted by Crippen LogP contribution is -2.51. The van der Waals surface area contributed by atoms with E-state index in [1.54, 1.807) is 0 Å². The molecule has 0 spiro atoms. The van der Waals surface area contributed by atoms with E-state index in [0.29, 0.717) is 17.3 Å². The predicted molar refractivity (Wildman–Crippen MR) is 52.9 cm³/mol. The second-order valence-corrected chi connectivity index (χ2v) is 4.53. The fourth-order valence-corrected chi connectivity index (χ4v) is 2.30. The van der Waals surface area contributed by atoms with E-state index in [2.05, 4.69) is 45.6 Å². The van der Waals surface area contributed by atoms with Crippen LogP contribution in [0.25, 0.3) is 0 Å². The molecule has 5 unspecified atom stereocenters. The minimum Gasteiger partial charge on any atom is -0.303 e. The molecule has 0 saturated carbocycles. The Bertz CT molecular complexity index is 124. The maximum atomic E-state index is 4.50. The Labute approximate surface area is 75.4 Å². The highest BCUT2D eigenvalue weighted by Gasteiger charge is 2.33. The van der Waals surface area contributed by atoms with E-state index in [4.69, 9.17) is 0 Å². The minimum atomic E-state index is 0.385. The third kappa shape index (κ3) is 1.73. The summed E-state index contributed by atoms with van der Waals surface area (Å²) in [4.78, 5) is 0. The molecule has 1 aliphatic rings. The van der Waals surface area contributed by atoms with Crippen LogP contribution in [0.4, 0.5) is 0 Å². The van der Waals surface area contributed by atoms with Crippen LogP contribution in [0, 0.1) is 17.8 Å². The molecule has 0 aromatic heterocycles. The Morgan fingerprint density at radius 1 is 0.909 bits per heavy atom. The molecule has 0 aromatic carbocycles. The van der Waals surface area contributed by atoms with Gasteiger partial charge in [-0.2, -0.15) is 12.6 Å². The molecule has 0 aliphatic carbocycles. The molecule has 11 heavy (non-hydrogen) atoms. The summed E-state index contributed by atoms with van der Waals surface area (Å²) in [5.74, 6) is 2.24. The average molecular weight is 173 g/mol. The maximum absolute atomic E-state index is 4.50. The number of hydrogen-bond acceptors (Lipinski definition) is 2. The van der Waals surface area contributed by atoms with Gasteiger partial charge in [-0.05, 0) is 24.7 Å². The van der Waals surface area contributed by atoms with Gasteiger partial charge >= 0.3 is 0 Å². The van der Waals surface area contributed by atoms with E-state index in [1.807, 2.05) is 0 Å². The van der Waals surface area contributed by atoms with Gasteiger partial charge in [-0.3, -0.25) is 0 Å². The smallest absolute Gasteiger partial charge is 0.0533 e. The Morgan fingerprint density at radius 2 is 1.45 bits per heavy atom. The Kier molecular flexibility index (Phi) is 2.87. The third-order valence-electron chi connectivity index (χ3n) is 3.38. The summed E-state index contributed by atoms with van der Waals surface area (Å²) in [6, 6.07) is 0.615. The first-order valence-electron chi connectivity index (χ1n) is 4.48. The van der Waals surface area contributed by atoms with Crippen molar-refractivity contribution in [2.45, 2.75) is 39.1 Å². The number of nitrogens with one attached hydrogen (secondary N) is 1. The van der Waals surface area contributed by atoms with Crippen molar-refractivity contribution < 1.29 is 0 Å². The minimum absolute atomic E-state index is 0.385. The molecule has 1 heterocycles. The summed E-state index contributed by atoms with van der Waals surface area (Å²) in [5.41, 5.74) is 0. The summed E-state index contributed by atoms with van der Waals surface area (Å²) in [6.45, 7) is 9.17. The Morgan fingerprint density at radius 3 is 2.00 bits per heavy atom. The number of rotatable bonds is 0. The number of hydrogen-bond donors (Lipinski definition) is 2. The normalized spacial score (nSPS) is 52.6. The monoisotopic (exact) mass is 173 g/mol. The predicted octanol–water partition coefficient (Wildman–Crippen LogP) is 2.14. The molecule has 5 atom stereocenters. The molecule has 0 amide bonds. The van der Waals surface area contributed by atoms with Gasteiger partial charge in [0.1, 0.15) is 0 Å². The second kappa shape index (κ2) is 3.36. The molecule has 1 aliphatic heterocycles. The molecule has 1 saturated heterocycles. The van der Waals surface area contributed by atoms with E-state index < -0.39 is 0 Å². The van der Waals surface area contributed by atoms with E-state index in [0.717, 1.165) is 11.8 Å². The first kappa shape index (κ1) is 9.40. The zero-order chi connectivity index (χ0) is 8.59. The van der Waals surface area contributed by atoms with Crippen LogP contribution in [0.3, 0.4) is 0 Å². The van der Waals surface area contributed by atoms with E-state index in [1.165, 1.54) is 0 Å². The van der Waals surface area contributed by atoms with Crippen molar-refractivity contribution >= 4 is 12.6 Å². The highest BCUT2D eigenvalue weighted by Crippen LogP contribution is 2.31. The van der Waals surface area contributed by atoms with Gasteiger partial charge in [0.15, 0.2) is 0 Å². The van der Waals surface area contributed by atoms with Gasteiger partial charge in [0, 0.05) is 6.04 Å². The first-order chi connectivity index (χ1) is 5.04. The van der Waals surface area contributed by atoms with Crippen LogP contribution in [-0.4, -0.2) is 11.4 Å². The lowest BCUT2D eigenvalue weighted by atomic mass is 9.78. The van der Waals surface area contributed by atoms with Crippen molar-refractivity contribution in [3.63, 3.8) is 0 Å². The summed E-state index contributed by atoms with van der Waals surface area (Å²) in [5, 5.41) is 3.86. The van der Waals surface area contributed by atoms with Gasteiger partial charge in [0.05, 0.1) is 5.37 Å². The van der Waals surface area contributed by atoms with Crippen LogP contribution in [0.2, 0.25) is 0 Å². The van der Waals surface area contributed by atoms with E-state index >= 15 is 0 Å². The molecule has 1 rings (SSSR count). The summed E-state index contributed by atoms with van der Waals surface area (Å²) in [6.07, 6.45) is 0. The maximum Gasteiger partial charge on any atom is 0.0533 e. The van der Waals surface area contributed by atoms with Crippen molar-refractivity contribution in [3.05, 3.63) is 0 Å². The molecule has 0 bridgehead atoms.